The van der Waals surface area contributed by atoms with Crippen molar-refractivity contribution < 1.29 is 11.3 Å². The van der Waals surface area contributed by atoms with E-state index in [9.17, 15) is 9.90 Å². The van der Waals surface area contributed by atoms with Crippen molar-refractivity contribution in [2.24, 2.45) is 5.92 Å². The molecule has 1 saturated carbocycles. The van der Waals surface area contributed by atoms with Crippen molar-refractivity contribution in [2.75, 3.05) is 0 Å². The molecule has 1 aromatic carbocycles. The van der Waals surface area contributed by atoms with Gasteiger partial charge < -0.3 is 9.67 Å². The summed E-state index contributed by atoms with van der Waals surface area (Å²) in [6.07, 6.45) is 15.9. The fraction of sp³-hybridized carbons (Fsp3) is 0.417. The number of hydrogen-bond donors (Lipinski definition) is 1. The molecule has 3 aliphatic rings. The number of Topliss-reactive ketones (excluding diaryl/α,β-unsaturated/α-hetero) is 1. The lowest BCUT2D eigenvalue weighted by Gasteiger charge is -2.36. The number of allylic oxidation sites excluding steroid dienone is 4. The summed E-state index contributed by atoms with van der Waals surface area (Å²) in [6, 6.07) is 8.14. The van der Waals surface area contributed by atoms with E-state index in [1.54, 1.807) is 6.33 Å². The zero-order chi connectivity index (χ0) is 19.1. The maximum Gasteiger partial charge on any atom is 0.166 e. The Hall–Kier alpha value is -2.46. The molecule has 4 nitrogen and oxygen atoms in total. The normalized spacial score (nSPS) is 28.5. The Bertz CT molecular complexity index is 967. The summed E-state index contributed by atoms with van der Waals surface area (Å²) in [6.45, 7) is 0. The second-order valence-electron chi connectivity index (χ2n) is 8.41. The smallest absolute Gasteiger partial charge is 0.166 e. The van der Waals surface area contributed by atoms with Crippen LogP contribution in [0.5, 0.6) is 0 Å². The summed E-state index contributed by atoms with van der Waals surface area (Å²) in [5.41, 5.74) is 3.56. The molecule has 146 valence electrons. The molecule has 1 aromatic heterocycles. The maximum atomic E-state index is 13.2. The van der Waals surface area contributed by atoms with Crippen LogP contribution in [0.25, 0.3) is 11.3 Å². The van der Waals surface area contributed by atoms with Gasteiger partial charge in [-0.25, -0.2) is 4.98 Å². The molecule has 0 spiro atoms. The Kier molecular flexibility index (Phi) is 4.31. The molecule has 0 saturated heterocycles. The molecule has 4 heteroatoms. The van der Waals surface area contributed by atoms with Gasteiger partial charge in [-0.15, -0.1) is 0 Å². The average molecular weight is 377 g/mol. The molecule has 2 aliphatic carbocycles. The Labute approximate surface area is 167 Å². The van der Waals surface area contributed by atoms with E-state index >= 15 is 0 Å². The second-order valence-corrected chi connectivity index (χ2v) is 8.41. The molecule has 5 rings (SSSR count). The number of benzene rings is 1. The van der Waals surface area contributed by atoms with Crippen LogP contribution in [0, 0.1) is 5.92 Å². The topological polar surface area (TPSA) is 55.1 Å². The summed E-state index contributed by atoms with van der Waals surface area (Å²) in [5, 5.41) is 11.2. The van der Waals surface area contributed by atoms with Gasteiger partial charge in [0.2, 0.25) is 0 Å². The number of nitrogens with zero attached hydrogens (tertiary/aromatic N) is 2. The van der Waals surface area contributed by atoms with E-state index in [-0.39, 0.29) is 13.3 Å². The highest BCUT2D eigenvalue weighted by Gasteiger charge is 2.42. The molecular weight excluding hydrogens is 348 g/mol. The minimum Gasteiger partial charge on any atom is -0.382 e. The molecule has 1 aliphatic heterocycles. The molecule has 1 N–H and O–H groups in total. The number of carbonyl (C=O) groups excluding carboxylic acids is 1. The van der Waals surface area contributed by atoms with Gasteiger partial charge in [0.1, 0.15) is 5.60 Å². The zero-order valence-electron chi connectivity index (χ0n) is 16.1. The van der Waals surface area contributed by atoms with Gasteiger partial charge in [0.15, 0.2) is 5.78 Å². The SMILES string of the molecule is O=C(CC1c2ccccc2-c2cncn21)C1(O)CCC(C2=CCCC=C2)CC1.[HH]. The Morgan fingerprint density at radius 2 is 2.07 bits per heavy atom. The summed E-state index contributed by atoms with van der Waals surface area (Å²) in [4.78, 5) is 17.5. The Morgan fingerprint density at radius 1 is 1.25 bits per heavy atom. The van der Waals surface area contributed by atoms with E-state index in [0.717, 1.165) is 42.5 Å². The minimum absolute atomic E-state index is 0. The summed E-state index contributed by atoms with van der Waals surface area (Å²) < 4.78 is 2.08. The number of rotatable bonds is 4. The molecule has 0 bridgehead atoms. The molecule has 1 fully saturated rings. The van der Waals surface area contributed by atoms with Crippen molar-refractivity contribution in [3.63, 3.8) is 0 Å². The first kappa shape index (κ1) is 17.6. The number of fused-ring (bicyclic) bond motifs is 3. The molecular formula is C24H28N2O2. The van der Waals surface area contributed by atoms with Crippen LogP contribution in [0.1, 0.15) is 58.0 Å². The average Bonchev–Trinajstić information content (AvgIpc) is 3.32. The lowest BCUT2D eigenvalue weighted by atomic mass is 9.72. The van der Waals surface area contributed by atoms with Crippen molar-refractivity contribution >= 4 is 5.78 Å². The highest BCUT2D eigenvalue weighted by Crippen LogP contribution is 2.43. The van der Waals surface area contributed by atoms with Crippen molar-refractivity contribution in [3.8, 4) is 11.3 Å². The number of hydrogen-bond acceptors (Lipinski definition) is 3. The third kappa shape index (κ3) is 2.87. The van der Waals surface area contributed by atoms with Gasteiger partial charge in [-0.3, -0.25) is 4.79 Å². The van der Waals surface area contributed by atoms with Gasteiger partial charge in [-0.2, -0.15) is 0 Å². The lowest BCUT2D eigenvalue weighted by Crippen LogP contribution is -2.43. The summed E-state index contributed by atoms with van der Waals surface area (Å²) in [5.74, 6) is 0.456. The van der Waals surface area contributed by atoms with E-state index < -0.39 is 5.60 Å². The van der Waals surface area contributed by atoms with E-state index in [0.29, 0.717) is 25.2 Å². The van der Waals surface area contributed by atoms with Crippen LogP contribution in [0.3, 0.4) is 0 Å². The van der Waals surface area contributed by atoms with Crippen molar-refractivity contribution in [3.05, 3.63) is 66.2 Å². The number of ketones is 1. The van der Waals surface area contributed by atoms with Crippen molar-refractivity contribution in [1.82, 2.24) is 9.55 Å². The van der Waals surface area contributed by atoms with Gasteiger partial charge in [-0.05, 0) is 55.6 Å². The largest absolute Gasteiger partial charge is 0.382 e. The summed E-state index contributed by atoms with van der Waals surface area (Å²) >= 11 is 0. The minimum atomic E-state index is -1.19. The van der Waals surface area contributed by atoms with Crippen LogP contribution in [-0.2, 0) is 4.79 Å². The quantitative estimate of drug-likeness (QED) is 0.829. The van der Waals surface area contributed by atoms with E-state index in [2.05, 4.69) is 39.9 Å². The van der Waals surface area contributed by atoms with Crippen LogP contribution in [0.4, 0.5) is 0 Å². The van der Waals surface area contributed by atoms with Crippen molar-refractivity contribution in [1.29, 1.82) is 0 Å². The first-order valence-electron chi connectivity index (χ1n) is 10.4. The monoisotopic (exact) mass is 376 g/mol. The molecule has 1 atom stereocenters. The molecule has 28 heavy (non-hydrogen) atoms. The molecule has 2 aromatic rings. The highest BCUT2D eigenvalue weighted by molar-refractivity contribution is 5.88. The standard InChI is InChI=1S/C24H26N2O2.H2/c27-23(24(28)12-10-18(11-13-24)17-6-2-1-3-7-17)14-21-19-8-4-5-9-20(19)22-15-25-16-26(21)22;/h2,4-9,15-16,18,21,28H,1,3,10-14H2;1H. The third-order valence-electron chi connectivity index (χ3n) is 6.80. The fourth-order valence-corrected chi connectivity index (χ4v) is 5.15. The van der Waals surface area contributed by atoms with Gasteiger partial charge in [0, 0.05) is 13.4 Å². The molecule has 0 radical (unpaired) electrons. The summed E-state index contributed by atoms with van der Waals surface area (Å²) in [7, 11) is 0. The number of aliphatic hydroxyl groups is 1. The van der Waals surface area contributed by atoms with Crippen LogP contribution in [0.2, 0.25) is 0 Å². The predicted octanol–water partition coefficient (Wildman–Crippen LogP) is 4.86. The maximum absolute atomic E-state index is 13.2. The third-order valence-corrected chi connectivity index (χ3v) is 6.80. The molecule has 0 amide bonds. The van der Waals surface area contributed by atoms with Gasteiger partial charge >= 0.3 is 0 Å². The number of imidazole rings is 1. The van der Waals surface area contributed by atoms with Gasteiger partial charge in [0.05, 0.1) is 24.3 Å². The number of carbonyl (C=O) groups is 1. The molecule has 1 unspecified atom stereocenters. The lowest BCUT2D eigenvalue weighted by molar-refractivity contribution is -0.141. The Balaban J connectivity index is 0.00000205. The fourth-order valence-electron chi connectivity index (χ4n) is 5.15. The van der Waals surface area contributed by atoms with Crippen LogP contribution >= 0.6 is 0 Å². The van der Waals surface area contributed by atoms with E-state index in [1.165, 1.54) is 5.57 Å². The predicted molar refractivity (Wildman–Crippen MR) is 111 cm³/mol. The number of aromatic nitrogens is 2. The zero-order valence-corrected chi connectivity index (χ0v) is 16.1. The molecule has 2 heterocycles. The second kappa shape index (κ2) is 6.85. The highest BCUT2D eigenvalue weighted by atomic mass is 16.3. The van der Waals surface area contributed by atoms with Crippen LogP contribution in [0.15, 0.2) is 60.6 Å². The van der Waals surface area contributed by atoms with Crippen molar-refractivity contribution in [2.45, 2.75) is 56.6 Å². The van der Waals surface area contributed by atoms with Gasteiger partial charge in [0.25, 0.3) is 0 Å². The van der Waals surface area contributed by atoms with Crippen LogP contribution < -0.4 is 0 Å². The first-order chi connectivity index (χ1) is 13.7. The Morgan fingerprint density at radius 3 is 2.86 bits per heavy atom. The van der Waals surface area contributed by atoms with E-state index in [1.807, 2.05) is 18.3 Å². The van der Waals surface area contributed by atoms with Gasteiger partial charge in [-0.1, -0.05) is 42.5 Å². The first-order valence-corrected chi connectivity index (χ1v) is 10.4. The van der Waals surface area contributed by atoms with Crippen LogP contribution in [-0.4, -0.2) is 26.0 Å². The van der Waals surface area contributed by atoms with E-state index in [4.69, 9.17) is 0 Å².